The molecular weight excluding hydrogens is 294 g/mol. The van der Waals surface area contributed by atoms with E-state index < -0.39 is 42.1 Å². The highest BCUT2D eigenvalue weighted by molar-refractivity contribution is 6.15. The van der Waals surface area contributed by atoms with Crippen molar-refractivity contribution in [3.63, 3.8) is 0 Å². The van der Waals surface area contributed by atoms with Crippen LogP contribution in [-0.4, -0.2) is 35.5 Å². The first-order valence-electron chi connectivity index (χ1n) is 6.34. The van der Waals surface area contributed by atoms with Crippen molar-refractivity contribution < 1.29 is 33.8 Å². The molecule has 1 aliphatic rings. The number of hydrogen-bond acceptors (Lipinski definition) is 6. The fourth-order valence-electron chi connectivity index (χ4n) is 1.96. The van der Waals surface area contributed by atoms with Crippen LogP contribution in [0.1, 0.15) is 12.5 Å². The average molecular weight is 307 g/mol. The van der Waals surface area contributed by atoms with Crippen molar-refractivity contribution in [3.8, 4) is 0 Å². The van der Waals surface area contributed by atoms with Crippen LogP contribution < -0.4 is 5.32 Å². The molecule has 1 aromatic carbocycles. The van der Waals surface area contributed by atoms with Gasteiger partial charge in [0.1, 0.15) is 6.54 Å². The summed E-state index contributed by atoms with van der Waals surface area (Å²) in [4.78, 5) is 46.0. The van der Waals surface area contributed by atoms with Crippen LogP contribution in [0, 0.1) is 5.92 Å². The zero-order chi connectivity index (χ0) is 16.3. The van der Waals surface area contributed by atoms with Gasteiger partial charge in [0.05, 0.1) is 0 Å². The van der Waals surface area contributed by atoms with E-state index in [0.717, 1.165) is 0 Å². The molecule has 0 radical (unpaired) electrons. The van der Waals surface area contributed by atoms with E-state index in [-0.39, 0.29) is 0 Å². The molecule has 2 N–H and O–H groups in total. The van der Waals surface area contributed by atoms with Crippen LogP contribution in [0.3, 0.4) is 0 Å². The maximum Gasteiger partial charge on any atom is 0.333 e. The van der Waals surface area contributed by atoms with Gasteiger partial charge in [0.15, 0.2) is 0 Å². The van der Waals surface area contributed by atoms with Crippen LogP contribution in [0.5, 0.6) is 0 Å². The van der Waals surface area contributed by atoms with E-state index in [1.807, 2.05) is 5.32 Å². The smallest absolute Gasteiger partial charge is 0.333 e. The van der Waals surface area contributed by atoms with Crippen molar-refractivity contribution in [2.75, 3.05) is 6.54 Å². The number of esters is 2. The van der Waals surface area contributed by atoms with Crippen LogP contribution in [0.25, 0.3) is 0 Å². The lowest BCUT2D eigenvalue weighted by molar-refractivity contribution is -0.249. The molecule has 0 atom stereocenters. The minimum Gasteiger partial charge on any atom is -0.480 e. The molecule has 0 aliphatic carbocycles. The van der Waals surface area contributed by atoms with E-state index in [0.29, 0.717) is 5.56 Å². The van der Waals surface area contributed by atoms with Crippen molar-refractivity contribution in [2.24, 2.45) is 5.92 Å². The van der Waals surface area contributed by atoms with Crippen LogP contribution in [0.15, 0.2) is 30.3 Å². The molecule has 0 unspecified atom stereocenters. The predicted molar refractivity (Wildman–Crippen MR) is 70.1 cm³/mol. The molecule has 22 heavy (non-hydrogen) atoms. The number of carboxylic acids is 1. The largest absolute Gasteiger partial charge is 0.480 e. The second-order valence-corrected chi connectivity index (χ2v) is 4.70. The van der Waals surface area contributed by atoms with Gasteiger partial charge < -0.3 is 19.9 Å². The summed E-state index contributed by atoms with van der Waals surface area (Å²) in [5.74, 6) is -8.03. The van der Waals surface area contributed by atoms with E-state index in [2.05, 4.69) is 0 Å². The van der Waals surface area contributed by atoms with E-state index in [4.69, 9.17) is 14.6 Å². The summed E-state index contributed by atoms with van der Waals surface area (Å²) in [5, 5.41) is 10.4. The first kappa shape index (κ1) is 15.5. The molecule has 1 heterocycles. The molecule has 0 saturated carbocycles. The number of hydrogen-bond donors (Lipinski definition) is 2. The van der Waals surface area contributed by atoms with Gasteiger partial charge in [-0.15, -0.1) is 0 Å². The van der Waals surface area contributed by atoms with E-state index in [1.165, 1.54) is 6.92 Å². The first-order chi connectivity index (χ1) is 10.3. The molecule has 1 aromatic rings. The standard InChI is InChI=1S/C14H13NO7/c1-14(8-5-3-2-4-6-8)21-12(19)10(13(20)22-14)11(18)15-7-9(16)17/h2-6,10H,7H2,1H3,(H,15,18)(H,16,17). The van der Waals surface area contributed by atoms with E-state index >= 15 is 0 Å². The summed E-state index contributed by atoms with van der Waals surface area (Å²) < 4.78 is 10.2. The monoisotopic (exact) mass is 307 g/mol. The predicted octanol–water partition coefficient (Wildman–Crippen LogP) is -0.224. The minimum atomic E-state index is -1.84. The van der Waals surface area contributed by atoms with Gasteiger partial charge in [-0.25, -0.2) is 0 Å². The van der Waals surface area contributed by atoms with E-state index in [1.54, 1.807) is 30.3 Å². The molecule has 0 bridgehead atoms. The van der Waals surface area contributed by atoms with Gasteiger partial charge in [-0.1, -0.05) is 30.3 Å². The highest BCUT2D eigenvalue weighted by Crippen LogP contribution is 2.33. The Kier molecular flexibility index (Phi) is 4.11. The molecule has 1 saturated heterocycles. The summed E-state index contributed by atoms with van der Waals surface area (Å²) in [6, 6.07) is 8.29. The van der Waals surface area contributed by atoms with E-state index in [9.17, 15) is 19.2 Å². The first-order valence-corrected chi connectivity index (χ1v) is 6.34. The van der Waals surface area contributed by atoms with Gasteiger partial charge >= 0.3 is 17.9 Å². The summed E-state index contributed by atoms with van der Waals surface area (Å²) in [7, 11) is 0. The highest BCUT2D eigenvalue weighted by atomic mass is 16.7. The van der Waals surface area contributed by atoms with Crippen LogP contribution in [0.4, 0.5) is 0 Å². The number of cyclic esters (lactones) is 2. The fraction of sp³-hybridized carbons (Fsp3) is 0.286. The number of carboxylic acid groups (broad SMARTS) is 1. The third-order valence-corrected chi connectivity index (χ3v) is 3.04. The number of benzene rings is 1. The van der Waals surface area contributed by atoms with Gasteiger partial charge in [-0.3, -0.25) is 19.2 Å². The SMILES string of the molecule is CC1(c2ccccc2)OC(=O)C(C(=O)NCC(=O)O)C(=O)O1. The van der Waals surface area contributed by atoms with Crippen molar-refractivity contribution in [2.45, 2.75) is 12.7 Å². The molecule has 1 amide bonds. The Morgan fingerprint density at radius 1 is 1.18 bits per heavy atom. The van der Waals surface area contributed by atoms with Gasteiger partial charge in [0.25, 0.3) is 5.79 Å². The Bertz CT molecular complexity index is 607. The van der Waals surface area contributed by atoms with Crippen LogP contribution in [0.2, 0.25) is 0 Å². The van der Waals surface area contributed by atoms with Crippen LogP contribution in [-0.2, 0) is 34.4 Å². The molecule has 2 rings (SSSR count). The minimum absolute atomic E-state index is 0.432. The molecule has 8 nitrogen and oxygen atoms in total. The number of ether oxygens (including phenoxy) is 2. The van der Waals surface area contributed by atoms with Gasteiger partial charge in [-0.05, 0) is 0 Å². The maximum absolute atomic E-state index is 11.9. The number of nitrogens with one attached hydrogen (secondary N) is 1. The van der Waals surface area contributed by atoms with Crippen molar-refractivity contribution >= 4 is 23.8 Å². The van der Waals surface area contributed by atoms with Crippen LogP contribution >= 0.6 is 0 Å². The topological polar surface area (TPSA) is 119 Å². The molecule has 8 heteroatoms. The summed E-state index contributed by atoms with van der Waals surface area (Å²) in [6.07, 6.45) is 0. The van der Waals surface area contributed by atoms with Crippen molar-refractivity contribution in [3.05, 3.63) is 35.9 Å². The molecule has 1 fully saturated rings. The maximum atomic E-state index is 11.9. The Labute approximate surface area is 125 Å². The Hall–Kier alpha value is -2.90. The van der Waals surface area contributed by atoms with Gasteiger partial charge in [0, 0.05) is 12.5 Å². The normalized spacial score (nSPS) is 24.1. The number of amides is 1. The summed E-state index contributed by atoms with van der Waals surface area (Å²) in [6.45, 7) is 0.662. The quantitative estimate of drug-likeness (QED) is 0.582. The summed E-state index contributed by atoms with van der Waals surface area (Å²) >= 11 is 0. The highest BCUT2D eigenvalue weighted by Gasteiger charge is 2.50. The number of aliphatic carboxylic acids is 1. The summed E-state index contributed by atoms with van der Waals surface area (Å²) in [5.41, 5.74) is 0.432. The third kappa shape index (κ3) is 3.05. The lowest BCUT2D eigenvalue weighted by atomic mass is 10.0. The second-order valence-electron chi connectivity index (χ2n) is 4.70. The Morgan fingerprint density at radius 3 is 2.23 bits per heavy atom. The second kappa shape index (κ2) is 5.84. The van der Waals surface area contributed by atoms with Crippen molar-refractivity contribution in [1.82, 2.24) is 5.32 Å². The zero-order valence-corrected chi connectivity index (χ0v) is 11.6. The number of rotatable bonds is 4. The van der Waals surface area contributed by atoms with Crippen molar-refractivity contribution in [1.29, 1.82) is 0 Å². The molecule has 0 spiro atoms. The molecule has 0 aromatic heterocycles. The number of carbonyl (C=O) groups is 4. The molecular formula is C14H13NO7. The lowest BCUT2D eigenvalue weighted by Crippen LogP contribution is -2.52. The fourth-order valence-corrected chi connectivity index (χ4v) is 1.96. The third-order valence-electron chi connectivity index (χ3n) is 3.04. The molecule has 1 aliphatic heterocycles. The lowest BCUT2D eigenvalue weighted by Gasteiger charge is -2.35. The molecule has 116 valence electrons. The Balaban J connectivity index is 2.16. The number of carbonyl (C=O) groups excluding carboxylic acids is 3. The zero-order valence-electron chi connectivity index (χ0n) is 11.6. The average Bonchev–Trinajstić information content (AvgIpc) is 2.45. The Morgan fingerprint density at radius 2 is 1.73 bits per heavy atom. The van der Waals surface area contributed by atoms with Gasteiger partial charge in [0.2, 0.25) is 11.8 Å². The van der Waals surface area contributed by atoms with Gasteiger partial charge in [-0.2, -0.15) is 0 Å².